The fraction of sp³-hybridized carbons (Fsp3) is 0.526. The van der Waals surface area contributed by atoms with Crippen LogP contribution in [-0.2, 0) is 9.53 Å². The minimum Gasteiger partial charge on any atom is -0.454 e. The Kier molecular flexibility index (Phi) is 5.94. The minimum absolute atomic E-state index is 0.0865. The first-order valence-electron chi connectivity index (χ1n) is 8.81. The molecule has 1 N–H and O–H groups in total. The number of rotatable bonds is 6. The van der Waals surface area contributed by atoms with Crippen LogP contribution < -0.4 is 14.8 Å². The van der Waals surface area contributed by atoms with Crippen molar-refractivity contribution < 1.29 is 19.0 Å². The average molecular weight is 346 g/mol. The number of nitrogens with zero attached hydrogens (tertiary/aromatic N) is 1. The van der Waals surface area contributed by atoms with Gasteiger partial charge >= 0.3 is 0 Å². The lowest BCUT2D eigenvalue weighted by Crippen LogP contribution is -2.51. The molecule has 2 aliphatic rings. The molecule has 1 fully saturated rings. The van der Waals surface area contributed by atoms with Crippen LogP contribution in [0.2, 0.25) is 0 Å². The Hall–Kier alpha value is -2.05. The van der Waals surface area contributed by atoms with Crippen molar-refractivity contribution in [2.75, 3.05) is 39.6 Å². The van der Waals surface area contributed by atoms with E-state index in [0.717, 1.165) is 43.4 Å². The van der Waals surface area contributed by atoms with Crippen LogP contribution in [-0.4, -0.2) is 56.5 Å². The lowest BCUT2D eigenvalue weighted by Gasteiger charge is -2.36. The number of amides is 1. The molecule has 1 saturated heterocycles. The van der Waals surface area contributed by atoms with Crippen LogP contribution in [0.5, 0.6) is 11.5 Å². The van der Waals surface area contributed by atoms with Gasteiger partial charge in [0.05, 0.1) is 13.2 Å². The smallest absolute Gasteiger partial charge is 0.244 e. The second-order valence-electron chi connectivity index (χ2n) is 6.65. The molecule has 25 heavy (non-hydrogen) atoms. The van der Waals surface area contributed by atoms with Gasteiger partial charge in [-0.25, -0.2) is 0 Å². The highest BCUT2D eigenvalue weighted by molar-refractivity contribution is 5.91. The third-order valence-corrected chi connectivity index (χ3v) is 4.59. The van der Waals surface area contributed by atoms with Crippen molar-refractivity contribution >= 4 is 12.0 Å². The molecule has 0 aliphatic carbocycles. The highest BCUT2D eigenvalue weighted by atomic mass is 16.7. The van der Waals surface area contributed by atoms with Gasteiger partial charge in [-0.2, -0.15) is 0 Å². The first kappa shape index (κ1) is 17.8. The molecule has 136 valence electrons. The fourth-order valence-electron chi connectivity index (χ4n) is 3.15. The summed E-state index contributed by atoms with van der Waals surface area (Å²) in [4.78, 5) is 14.6. The lowest BCUT2D eigenvalue weighted by atomic mass is 10.0. The lowest BCUT2D eigenvalue weighted by molar-refractivity contribution is -0.116. The van der Waals surface area contributed by atoms with Crippen LogP contribution in [0.4, 0.5) is 0 Å². The molecule has 1 aromatic rings. The molecule has 0 saturated carbocycles. The molecular weight excluding hydrogens is 320 g/mol. The number of benzene rings is 1. The molecule has 0 spiro atoms. The summed E-state index contributed by atoms with van der Waals surface area (Å²) in [5.74, 6) is 1.84. The maximum absolute atomic E-state index is 12.2. The van der Waals surface area contributed by atoms with Crippen molar-refractivity contribution in [2.24, 2.45) is 5.92 Å². The van der Waals surface area contributed by atoms with Crippen molar-refractivity contribution in [3.05, 3.63) is 29.8 Å². The second-order valence-corrected chi connectivity index (χ2v) is 6.65. The Morgan fingerprint density at radius 2 is 2.00 bits per heavy atom. The summed E-state index contributed by atoms with van der Waals surface area (Å²) in [7, 11) is 0. The summed E-state index contributed by atoms with van der Waals surface area (Å²) in [6.07, 6.45) is 3.35. The molecular formula is C19H26N2O4. The molecule has 0 radical (unpaired) electrons. The van der Waals surface area contributed by atoms with Crippen LogP contribution in [0.1, 0.15) is 19.4 Å². The summed E-state index contributed by atoms with van der Waals surface area (Å²) >= 11 is 0. The van der Waals surface area contributed by atoms with Gasteiger partial charge in [0.2, 0.25) is 12.7 Å². The van der Waals surface area contributed by atoms with Crippen LogP contribution >= 0.6 is 0 Å². The monoisotopic (exact) mass is 346 g/mol. The SMILES string of the molecule is CC(C)[C@@H](CNC(=O)/C=C/c1ccc2c(c1)OCO2)N1CCOCC1. The molecule has 2 heterocycles. The first-order valence-corrected chi connectivity index (χ1v) is 8.81. The van der Waals surface area contributed by atoms with E-state index in [2.05, 4.69) is 24.1 Å². The Labute approximate surface area is 148 Å². The zero-order valence-corrected chi connectivity index (χ0v) is 14.9. The average Bonchev–Trinajstić information content (AvgIpc) is 3.08. The maximum Gasteiger partial charge on any atom is 0.244 e. The van der Waals surface area contributed by atoms with Crippen molar-refractivity contribution in [2.45, 2.75) is 19.9 Å². The normalized spacial score (nSPS) is 18.7. The fourth-order valence-corrected chi connectivity index (χ4v) is 3.15. The van der Waals surface area contributed by atoms with Gasteiger partial charge in [0, 0.05) is 31.8 Å². The van der Waals surface area contributed by atoms with E-state index >= 15 is 0 Å². The molecule has 2 aliphatic heterocycles. The molecule has 1 amide bonds. The molecule has 0 aromatic heterocycles. The number of carbonyl (C=O) groups excluding carboxylic acids is 1. The molecule has 1 atom stereocenters. The number of ether oxygens (including phenoxy) is 3. The maximum atomic E-state index is 12.2. The summed E-state index contributed by atoms with van der Waals surface area (Å²) < 4.78 is 16.0. The zero-order valence-electron chi connectivity index (χ0n) is 14.9. The number of fused-ring (bicyclic) bond motifs is 1. The van der Waals surface area contributed by atoms with Crippen LogP contribution in [0.25, 0.3) is 6.08 Å². The third kappa shape index (κ3) is 4.74. The van der Waals surface area contributed by atoms with E-state index in [1.807, 2.05) is 18.2 Å². The zero-order chi connectivity index (χ0) is 17.6. The van der Waals surface area contributed by atoms with Crippen LogP contribution in [0.3, 0.4) is 0 Å². The Morgan fingerprint density at radius 1 is 1.24 bits per heavy atom. The summed E-state index contributed by atoms with van der Waals surface area (Å²) in [6, 6.07) is 5.96. The predicted molar refractivity (Wildman–Crippen MR) is 95.6 cm³/mol. The van der Waals surface area contributed by atoms with Gasteiger partial charge in [-0.3, -0.25) is 9.69 Å². The number of carbonyl (C=O) groups is 1. The Bertz CT molecular complexity index is 624. The van der Waals surface area contributed by atoms with Gasteiger partial charge in [-0.1, -0.05) is 19.9 Å². The molecule has 3 rings (SSSR count). The van der Waals surface area contributed by atoms with Gasteiger partial charge in [0.15, 0.2) is 11.5 Å². The van der Waals surface area contributed by atoms with Gasteiger partial charge in [-0.05, 0) is 29.7 Å². The number of hydrogen-bond acceptors (Lipinski definition) is 5. The first-order chi connectivity index (χ1) is 12.1. The second kappa shape index (κ2) is 8.36. The van der Waals surface area contributed by atoms with Gasteiger partial charge in [0.25, 0.3) is 0 Å². The molecule has 0 unspecified atom stereocenters. The Balaban J connectivity index is 1.52. The molecule has 6 heteroatoms. The highest BCUT2D eigenvalue weighted by Gasteiger charge is 2.23. The van der Waals surface area contributed by atoms with Crippen molar-refractivity contribution in [1.82, 2.24) is 10.2 Å². The van der Waals surface area contributed by atoms with E-state index in [1.165, 1.54) is 0 Å². The molecule has 0 bridgehead atoms. The minimum atomic E-state index is -0.0865. The quantitative estimate of drug-likeness (QED) is 0.797. The Morgan fingerprint density at radius 3 is 2.76 bits per heavy atom. The van der Waals surface area contributed by atoms with Crippen LogP contribution in [0.15, 0.2) is 24.3 Å². The topological polar surface area (TPSA) is 60.0 Å². The van der Waals surface area contributed by atoms with Gasteiger partial charge < -0.3 is 19.5 Å². The summed E-state index contributed by atoms with van der Waals surface area (Å²) in [6.45, 7) is 8.65. The van der Waals surface area contributed by atoms with E-state index in [-0.39, 0.29) is 12.7 Å². The summed E-state index contributed by atoms with van der Waals surface area (Å²) in [5, 5.41) is 3.02. The molecule has 6 nitrogen and oxygen atoms in total. The standard InChI is InChI=1S/C19H26N2O4/c1-14(2)16(21-7-9-23-10-8-21)12-20-19(22)6-4-15-3-5-17-18(11-15)25-13-24-17/h3-6,11,14,16H,7-10,12-13H2,1-2H3,(H,20,22)/b6-4+/t16-/m1/s1. The van der Waals surface area contributed by atoms with Crippen molar-refractivity contribution in [3.8, 4) is 11.5 Å². The van der Waals surface area contributed by atoms with E-state index in [0.29, 0.717) is 18.5 Å². The summed E-state index contributed by atoms with van der Waals surface area (Å²) in [5.41, 5.74) is 0.910. The van der Waals surface area contributed by atoms with Gasteiger partial charge in [-0.15, -0.1) is 0 Å². The van der Waals surface area contributed by atoms with E-state index in [1.54, 1.807) is 12.2 Å². The van der Waals surface area contributed by atoms with Crippen molar-refractivity contribution in [1.29, 1.82) is 0 Å². The highest BCUT2D eigenvalue weighted by Crippen LogP contribution is 2.32. The number of hydrogen-bond donors (Lipinski definition) is 1. The van der Waals surface area contributed by atoms with Gasteiger partial charge in [0.1, 0.15) is 0 Å². The van der Waals surface area contributed by atoms with Crippen LogP contribution in [0, 0.1) is 5.92 Å². The third-order valence-electron chi connectivity index (χ3n) is 4.59. The van der Waals surface area contributed by atoms with Crippen molar-refractivity contribution in [3.63, 3.8) is 0 Å². The van der Waals surface area contributed by atoms with E-state index < -0.39 is 0 Å². The molecule has 1 aromatic carbocycles. The number of nitrogens with one attached hydrogen (secondary N) is 1. The van der Waals surface area contributed by atoms with E-state index in [9.17, 15) is 4.79 Å². The predicted octanol–water partition coefficient (Wildman–Crippen LogP) is 1.90. The largest absolute Gasteiger partial charge is 0.454 e. The number of morpholine rings is 1. The van der Waals surface area contributed by atoms with E-state index in [4.69, 9.17) is 14.2 Å².